The van der Waals surface area contributed by atoms with Crippen LogP contribution in [-0.2, 0) is 21.4 Å². The maximum absolute atomic E-state index is 13.0. The van der Waals surface area contributed by atoms with Crippen LogP contribution in [0.5, 0.6) is 5.75 Å². The van der Waals surface area contributed by atoms with Gasteiger partial charge in [0.25, 0.3) is 5.56 Å². The van der Waals surface area contributed by atoms with Gasteiger partial charge in [-0.05, 0) is 59.0 Å². The van der Waals surface area contributed by atoms with Crippen LogP contribution >= 0.6 is 0 Å². The van der Waals surface area contributed by atoms with Gasteiger partial charge in [-0.1, -0.05) is 30.3 Å². The number of hydrogen-bond acceptors (Lipinski definition) is 5. The molecule has 4 aromatic rings. The molecule has 2 N–H and O–H groups in total. The molecular weight excluding hydrogens is 454 g/mol. The number of ether oxygens (including phenoxy) is 1. The molecule has 1 aliphatic heterocycles. The Morgan fingerprint density at radius 2 is 1.79 bits per heavy atom. The first kappa shape index (κ1) is 22.1. The molecule has 1 atom stereocenters. The highest BCUT2D eigenvalue weighted by molar-refractivity contribution is 7.89. The zero-order chi connectivity index (χ0) is 23.9. The lowest BCUT2D eigenvalue weighted by Crippen LogP contribution is -2.41. The topological polar surface area (TPSA) is 109 Å². The lowest BCUT2D eigenvalue weighted by Gasteiger charge is -2.17. The number of sulfonamides is 1. The van der Waals surface area contributed by atoms with Gasteiger partial charge in [0.15, 0.2) is 0 Å². The molecule has 0 aliphatic carbocycles. The van der Waals surface area contributed by atoms with E-state index in [1.54, 1.807) is 42.3 Å². The summed E-state index contributed by atoms with van der Waals surface area (Å²) in [5, 5.41) is 2.98. The van der Waals surface area contributed by atoms with Crippen LogP contribution in [0.25, 0.3) is 21.5 Å². The number of H-pyrrole nitrogens is 1. The molecule has 5 rings (SSSR count). The molecule has 0 bridgehead atoms. The number of likely N-dealkylation sites (tertiary alicyclic amines) is 1. The number of carbonyl (C=O) groups excluding carboxylic acids is 1. The lowest BCUT2D eigenvalue weighted by molar-refractivity contribution is -0.129. The molecule has 34 heavy (non-hydrogen) atoms. The van der Waals surface area contributed by atoms with Crippen molar-refractivity contribution in [2.45, 2.75) is 23.9 Å². The number of fused-ring (bicyclic) bond motifs is 2. The van der Waals surface area contributed by atoms with Crippen molar-refractivity contribution in [3.63, 3.8) is 0 Å². The minimum atomic E-state index is -3.92. The molecule has 3 aromatic carbocycles. The minimum absolute atomic E-state index is 0.0818. The smallest absolute Gasteiger partial charge is 0.256 e. The Morgan fingerprint density at radius 1 is 1.00 bits per heavy atom. The van der Waals surface area contributed by atoms with Gasteiger partial charge in [-0.25, -0.2) is 8.42 Å². The highest BCUT2D eigenvalue weighted by atomic mass is 32.2. The van der Waals surface area contributed by atoms with Gasteiger partial charge in [-0.2, -0.15) is 4.72 Å². The number of carbonyl (C=O) groups is 1. The van der Waals surface area contributed by atoms with Crippen LogP contribution in [0.2, 0.25) is 0 Å². The maximum Gasteiger partial charge on any atom is 0.256 e. The normalized spacial score (nSPS) is 16.4. The van der Waals surface area contributed by atoms with E-state index in [1.165, 1.54) is 6.07 Å². The van der Waals surface area contributed by atoms with Crippen LogP contribution in [-0.4, -0.2) is 43.9 Å². The van der Waals surface area contributed by atoms with Crippen LogP contribution < -0.4 is 15.0 Å². The minimum Gasteiger partial charge on any atom is -0.497 e. The summed E-state index contributed by atoms with van der Waals surface area (Å²) in [5.41, 5.74) is 0.383. The third-order valence-corrected chi connectivity index (χ3v) is 7.56. The molecule has 1 saturated heterocycles. The van der Waals surface area contributed by atoms with E-state index in [-0.39, 0.29) is 22.9 Å². The summed E-state index contributed by atoms with van der Waals surface area (Å²) in [6, 6.07) is 18.4. The van der Waals surface area contributed by atoms with Crippen LogP contribution in [0.4, 0.5) is 0 Å². The maximum atomic E-state index is 13.0. The van der Waals surface area contributed by atoms with Gasteiger partial charge < -0.3 is 14.6 Å². The molecular formula is C25H23N3O5S. The molecule has 9 heteroatoms. The third-order valence-electron chi connectivity index (χ3n) is 6.09. The Hall–Kier alpha value is -3.69. The number of rotatable bonds is 6. The second-order valence-electron chi connectivity index (χ2n) is 8.31. The first-order valence-electron chi connectivity index (χ1n) is 10.8. The summed E-state index contributed by atoms with van der Waals surface area (Å²) in [6.45, 7) is 0.586. The van der Waals surface area contributed by atoms with Gasteiger partial charge in [0.1, 0.15) is 11.8 Å². The highest BCUT2D eigenvalue weighted by Crippen LogP contribution is 2.25. The van der Waals surface area contributed by atoms with Gasteiger partial charge in [0, 0.05) is 17.6 Å². The van der Waals surface area contributed by atoms with Gasteiger partial charge in [-0.15, -0.1) is 0 Å². The SMILES string of the molecule is COc1ccc2ccc(S(=O)(=O)N[C@@H]3CCN(Cc4cc5ccccc5c(=O)[nH]4)C3=O)cc2c1. The molecule has 8 nitrogen and oxygen atoms in total. The summed E-state index contributed by atoms with van der Waals surface area (Å²) >= 11 is 0. The monoisotopic (exact) mass is 477 g/mol. The third kappa shape index (κ3) is 4.15. The second-order valence-corrected chi connectivity index (χ2v) is 10.0. The van der Waals surface area contributed by atoms with Gasteiger partial charge in [-0.3, -0.25) is 9.59 Å². The van der Waals surface area contributed by atoms with Crippen LogP contribution in [0.3, 0.4) is 0 Å². The predicted octanol–water partition coefficient (Wildman–Crippen LogP) is 2.77. The van der Waals surface area contributed by atoms with Crippen LogP contribution in [0, 0.1) is 0 Å². The summed E-state index contributed by atoms with van der Waals surface area (Å²) in [6.07, 6.45) is 0.345. The van der Waals surface area contributed by atoms with Gasteiger partial charge in [0.05, 0.1) is 18.6 Å². The van der Waals surface area contributed by atoms with Crippen molar-refractivity contribution in [1.82, 2.24) is 14.6 Å². The van der Waals surface area contributed by atoms with E-state index in [4.69, 9.17) is 4.74 Å². The molecule has 1 amide bonds. The molecule has 1 aliphatic rings. The Bertz CT molecular complexity index is 1580. The van der Waals surface area contributed by atoms with E-state index in [0.29, 0.717) is 29.8 Å². The number of nitrogens with zero attached hydrogens (tertiary/aromatic N) is 1. The van der Waals surface area contributed by atoms with Crippen molar-refractivity contribution in [3.05, 3.63) is 82.8 Å². The molecule has 1 aromatic heterocycles. The largest absolute Gasteiger partial charge is 0.497 e. The van der Waals surface area contributed by atoms with Crippen molar-refractivity contribution in [2.75, 3.05) is 13.7 Å². The van der Waals surface area contributed by atoms with Crippen molar-refractivity contribution >= 4 is 37.5 Å². The molecule has 0 spiro atoms. The summed E-state index contributed by atoms with van der Waals surface area (Å²) in [5.74, 6) is 0.309. The molecule has 174 valence electrons. The molecule has 1 fully saturated rings. The zero-order valence-corrected chi connectivity index (χ0v) is 19.3. The van der Waals surface area contributed by atoms with E-state index in [1.807, 2.05) is 30.3 Å². The lowest BCUT2D eigenvalue weighted by atomic mass is 10.1. The highest BCUT2D eigenvalue weighted by Gasteiger charge is 2.35. The Kier molecular flexibility index (Phi) is 5.59. The standard InChI is InChI=1S/C25H23N3O5S/c1-33-20-8-6-16-7-9-21(14-18(16)13-20)34(31,32)27-23-10-11-28(25(23)30)15-19-12-17-4-2-3-5-22(17)24(29)26-19/h2-9,12-14,23,27H,10-11,15H2,1H3,(H,26,29)/t23-/m1/s1. The fourth-order valence-corrected chi connectivity index (χ4v) is 5.57. The summed E-state index contributed by atoms with van der Waals surface area (Å²) in [4.78, 5) is 29.7. The second kappa shape index (κ2) is 8.58. The number of nitrogens with one attached hydrogen (secondary N) is 2. The summed E-state index contributed by atoms with van der Waals surface area (Å²) in [7, 11) is -2.37. The van der Waals surface area contributed by atoms with Crippen LogP contribution in [0.15, 0.2) is 76.4 Å². The average molecular weight is 478 g/mol. The Balaban J connectivity index is 1.33. The van der Waals surface area contributed by atoms with Crippen molar-refractivity contribution in [1.29, 1.82) is 0 Å². The quantitative estimate of drug-likeness (QED) is 0.444. The fourth-order valence-electron chi connectivity index (χ4n) is 4.32. The molecule has 0 radical (unpaired) electrons. The number of amides is 1. The number of pyridine rings is 1. The van der Waals surface area contributed by atoms with Crippen molar-refractivity contribution in [3.8, 4) is 5.75 Å². The zero-order valence-electron chi connectivity index (χ0n) is 18.4. The van der Waals surface area contributed by atoms with E-state index >= 15 is 0 Å². The van der Waals surface area contributed by atoms with Crippen molar-refractivity contribution in [2.24, 2.45) is 0 Å². The predicted molar refractivity (Wildman–Crippen MR) is 129 cm³/mol. The van der Waals surface area contributed by atoms with E-state index in [0.717, 1.165) is 16.2 Å². The Labute approximate surface area is 196 Å². The molecule has 2 heterocycles. The first-order valence-corrected chi connectivity index (χ1v) is 12.3. The number of aromatic amines is 1. The molecule has 0 unspecified atom stereocenters. The number of benzene rings is 3. The number of aromatic nitrogens is 1. The van der Waals surface area contributed by atoms with E-state index in [9.17, 15) is 18.0 Å². The average Bonchev–Trinajstić information content (AvgIpc) is 3.16. The number of hydrogen-bond donors (Lipinski definition) is 2. The summed E-state index contributed by atoms with van der Waals surface area (Å²) < 4.78 is 33.8. The van der Waals surface area contributed by atoms with Gasteiger partial charge >= 0.3 is 0 Å². The van der Waals surface area contributed by atoms with Crippen molar-refractivity contribution < 1.29 is 17.9 Å². The first-order chi connectivity index (χ1) is 16.3. The van der Waals surface area contributed by atoms with Crippen LogP contribution in [0.1, 0.15) is 12.1 Å². The van der Waals surface area contributed by atoms with E-state index < -0.39 is 16.1 Å². The molecule has 0 saturated carbocycles. The Morgan fingerprint density at radius 3 is 2.62 bits per heavy atom. The van der Waals surface area contributed by atoms with E-state index in [2.05, 4.69) is 9.71 Å². The number of methoxy groups -OCH3 is 1. The van der Waals surface area contributed by atoms with Gasteiger partial charge in [0.2, 0.25) is 15.9 Å². The fraction of sp³-hybridized carbons (Fsp3) is 0.200.